The minimum absolute atomic E-state index is 0.127. The van der Waals surface area contributed by atoms with E-state index >= 15 is 0 Å². The molecule has 102 valence electrons. The first-order chi connectivity index (χ1) is 9.45. The number of rotatable bonds is 3. The van der Waals surface area contributed by atoms with E-state index in [1.54, 1.807) is 12.1 Å². The molecule has 2 rings (SSSR count). The van der Waals surface area contributed by atoms with Crippen LogP contribution in [0.25, 0.3) is 0 Å². The largest absolute Gasteiger partial charge is 0.477 e. The van der Waals surface area contributed by atoms with Gasteiger partial charge in [-0.1, -0.05) is 31.9 Å². The SMILES string of the molecule is O=C(Nc1ccnc(C(=O)O)c1)c1cc(Br)cc(Br)c1. The number of amides is 1. The van der Waals surface area contributed by atoms with Crippen LogP contribution in [0, 0.1) is 0 Å². The summed E-state index contributed by atoms with van der Waals surface area (Å²) in [4.78, 5) is 26.6. The molecule has 0 unspecified atom stereocenters. The van der Waals surface area contributed by atoms with Crippen molar-refractivity contribution in [3.8, 4) is 0 Å². The Morgan fingerprint density at radius 2 is 1.75 bits per heavy atom. The summed E-state index contributed by atoms with van der Waals surface area (Å²) in [6.07, 6.45) is 1.33. The molecule has 1 aromatic carbocycles. The minimum Gasteiger partial charge on any atom is -0.477 e. The summed E-state index contributed by atoms with van der Waals surface area (Å²) in [6.45, 7) is 0. The number of halogens is 2. The molecule has 1 heterocycles. The Morgan fingerprint density at radius 1 is 1.10 bits per heavy atom. The molecule has 0 atom stereocenters. The first-order valence-electron chi connectivity index (χ1n) is 5.42. The predicted octanol–water partition coefficient (Wildman–Crippen LogP) is 3.56. The number of aromatic nitrogens is 1. The molecule has 2 N–H and O–H groups in total. The summed E-state index contributed by atoms with van der Waals surface area (Å²) in [5.74, 6) is -1.49. The number of hydrogen-bond acceptors (Lipinski definition) is 3. The van der Waals surface area contributed by atoms with Crippen LogP contribution < -0.4 is 5.32 Å². The molecule has 20 heavy (non-hydrogen) atoms. The van der Waals surface area contributed by atoms with Crippen LogP contribution in [0.15, 0.2) is 45.5 Å². The molecule has 0 radical (unpaired) electrons. The van der Waals surface area contributed by atoms with Gasteiger partial charge in [0.25, 0.3) is 5.91 Å². The second-order valence-electron chi connectivity index (χ2n) is 3.85. The summed E-state index contributed by atoms with van der Waals surface area (Å²) >= 11 is 6.60. The van der Waals surface area contributed by atoms with Crippen LogP contribution >= 0.6 is 31.9 Å². The average Bonchev–Trinajstić information content (AvgIpc) is 2.37. The first kappa shape index (κ1) is 14.7. The van der Waals surface area contributed by atoms with Crippen LogP contribution in [0.4, 0.5) is 5.69 Å². The topological polar surface area (TPSA) is 79.3 Å². The fraction of sp³-hybridized carbons (Fsp3) is 0. The maximum atomic E-state index is 12.1. The Hall–Kier alpha value is -1.73. The highest BCUT2D eigenvalue weighted by molar-refractivity contribution is 9.11. The van der Waals surface area contributed by atoms with Crippen molar-refractivity contribution in [2.45, 2.75) is 0 Å². The van der Waals surface area contributed by atoms with Crippen molar-refractivity contribution in [3.05, 3.63) is 56.7 Å². The normalized spacial score (nSPS) is 10.1. The van der Waals surface area contributed by atoms with Gasteiger partial charge in [-0.05, 0) is 30.3 Å². The van der Waals surface area contributed by atoms with Crippen molar-refractivity contribution in [1.29, 1.82) is 0 Å². The number of anilines is 1. The zero-order valence-electron chi connectivity index (χ0n) is 9.93. The lowest BCUT2D eigenvalue weighted by Gasteiger charge is -2.06. The molecule has 0 saturated heterocycles. The van der Waals surface area contributed by atoms with Gasteiger partial charge in [0.05, 0.1) is 0 Å². The highest BCUT2D eigenvalue weighted by Gasteiger charge is 2.10. The predicted molar refractivity (Wildman–Crippen MR) is 81.0 cm³/mol. The van der Waals surface area contributed by atoms with E-state index in [0.29, 0.717) is 11.3 Å². The fourth-order valence-corrected chi connectivity index (χ4v) is 2.81. The number of carbonyl (C=O) groups excluding carboxylic acids is 1. The number of carboxylic acids is 1. The van der Waals surface area contributed by atoms with Crippen molar-refractivity contribution in [1.82, 2.24) is 4.98 Å². The van der Waals surface area contributed by atoms with Gasteiger partial charge in [-0.25, -0.2) is 9.78 Å². The Balaban J connectivity index is 2.23. The number of nitrogens with zero attached hydrogens (tertiary/aromatic N) is 1. The second kappa shape index (κ2) is 6.15. The van der Waals surface area contributed by atoms with Gasteiger partial charge in [-0.15, -0.1) is 0 Å². The Morgan fingerprint density at radius 3 is 2.35 bits per heavy atom. The highest BCUT2D eigenvalue weighted by Crippen LogP contribution is 2.21. The standard InChI is InChI=1S/C13H8Br2N2O3/c14-8-3-7(4-9(15)5-8)12(18)17-10-1-2-16-11(6-10)13(19)20/h1-6H,(H,19,20)(H,16,17,18). The van der Waals surface area contributed by atoms with Gasteiger partial charge in [-0.3, -0.25) is 4.79 Å². The molecule has 5 nitrogen and oxygen atoms in total. The van der Waals surface area contributed by atoms with Gasteiger partial charge in [0, 0.05) is 26.4 Å². The third kappa shape index (κ3) is 3.64. The van der Waals surface area contributed by atoms with E-state index in [2.05, 4.69) is 42.2 Å². The molecular formula is C13H8Br2N2O3. The van der Waals surface area contributed by atoms with Crippen LogP contribution in [-0.2, 0) is 0 Å². The molecule has 0 bridgehead atoms. The van der Waals surface area contributed by atoms with E-state index in [-0.39, 0.29) is 11.6 Å². The molecule has 0 fully saturated rings. The maximum Gasteiger partial charge on any atom is 0.354 e. The summed E-state index contributed by atoms with van der Waals surface area (Å²) in [5, 5.41) is 11.5. The highest BCUT2D eigenvalue weighted by atomic mass is 79.9. The molecule has 2 aromatic rings. The van der Waals surface area contributed by atoms with Gasteiger partial charge < -0.3 is 10.4 Å². The molecule has 1 amide bonds. The van der Waals surface area contributed by atoms with Crippen molar-refractivity contribution < 1.29 is 14.7 Å². The second-order valence-corrected chi connectivity index (χ2v) is 5.68. The molecule has 1 aromatic heterocycles. The lowest BCUT2D eigenvalue weighted by Crippen LogP contribution is -2.13. The molecule has 0 aliphatic carbocycles. The Kier molecular flexibility index (Phi) is 4.51. The summed E-state index contributed by atoms with van der Waals surface area (Å²) in [6, 6.07) is 7.97. The number of aromatic carboxylic acids is 1. The van der Waals surface area contributed by atoms with E-state index < -0.39 is 5.97 Å². The molecule has 0 aliphatic heterocycles. The van der Waals surface area contributed by atoms with Crippen molar-refractivity contribution in [2.75, 3.05) is 5.32 Å². The number of pyridine rings is 1. The monoisotopic (exact) mass is 398 g/mol. The zero-order valence-corrected chi connectivity index (χ0v) is 13.1. The number of carbonyl (C=O) groups is 2. The fourth-order valence-electron chi connectivity index (χ4n) is 1.51. The molecule has 7 heteroatoms. The van der Waals surface area contributed by atoms with Crippen LogP contribution in [0.2, 0.25) is 0 Å². The lowest BCUT2D eigenvalue weighted by atomic mass is 10.2. The lowest BCUT2D eigenvalue weighted by molar-refractivity contribution is 0.0690. The average molecular weight is 400 g/mol. The van der Waals surface area contributed by atoms with Crippen molar-refractivity contribution >= 4 is 49.4 Å². The van der Waals surface area contributed by atoms with E-state index in [9.17, 15) is 9.59 Å². The van der Waals surface area contributed by atoms with E-state index in [4.69, 9.17) is 5.11 Å². The van der Waals surface area contributed by atoms with Crippen LogP contribution in [-0.4, -0.2) is 22.0 Å². The van der Waals surface area contributed by atoms with Gasteiger partial charge in [0.15, 0.2) is 0 Å². The van der Waals surface area contributed by atoms with Crippen LogP contribution in [0.5, 0.6) is 0 Å². The van der Waals surface area contributed by atoms with Gasteiger partial charge in [0.1, 0.15) is 5.69 Å². The van der Waals surface area contributed by atoms with Gasteiger partial charge in [0.2, 0.25) is 0 Å². The summed E-state index contributed by atoms with van der Waals surface area (Å²) in [5.41, 5.74) is 0.691. The number of nitrogens with one attached hydrogen (secondary N) is 1. The Labute approximate surface area is 131 Å². The summed E-state index contributed by atoms with van der Waals surface area (Å²) < 4.78 is 1.52. The smallest absolute Gasteiger partial charge is 0.354 e. The van der Waals surface area contributed by atoms with Crippen molar-refractivity contribution in [2.24, 2.45) is 0 Å². The van der Waals surface area contributed by atoms with Gasteiger partial charge in [-0.2, -0.15) is 0 Å². The minimum atomic E-state index is -1.15. The first-order valence-corrected chi connectivity index (χ1v) is 7.01. The number of hydrogen-bond donors (Lipinski definition) is 2. The van der Waals surface area contributed by atoms with Crippen LogP contribution in [0.3, 0.4) is 0 Å². The Bertz CT molecular complexity index is 669. The van der Waals surface area contributed by atoms with E-state index in [0.717, 1.165) is 8.95 Å². The third-order valence-corrected chi connectivity index (χ3v) is 3.28. The maximum absolute atomic E-state index is 12.1. The van der Waals surface area contributed by atoms with Gasteiger partial charge >= 0.3 is 5.97 Å². The van der Waals surface area contributed by atoms with E-state index in [1.165, 1.54) is 18.3 Å². The van der Waals surface area contributed by atoms with Crippen LogP contribution in [0.1, 0.15) is 20.8 Å². The number of carboxylic acid groups (broad SMARTS) is 1. The zero-order chi connectivity index (χ0) is 14.7. The number of benzene rings is 1. The quantitative estimate of drug-likeness (QED) is 0.826. The molecule has 0 spiro atoms. The summed E-state index contributed by atoms with van der Waals surface area (Å²) in [7, 11) is 0. The van der Waals surface area contributed by atoms with Crippen molar-refractivity contribution in [3.63, 3.8) is 0 Å². The molecule has 0 aliphatic rings. The molecule has 0 saturated carbocycles. The van der Waals surface area contributed by atoms with E-state index in [1.807, 2.05) is 6.07 Å². The third-order valence-electron chi connectivity index (χ3n) is 2.36. The molecular weight excluding hydrogens is 392 g/mol.